The Labute approximate surface area is 136 Å². The predicted molar refractivity (Wildman–Crippen MR) is 86.9 cm³/mol. The highest BCUT2D eigenvalue weighted by molar-refractivity contribution is 7.88. The lowest BCUT2D eigenvalue weighted by Gasteiger charge is -2.10. The van der Waals surface area contributed by atoms with Crippen molar-refractivity contribution in [2.24, 2.45) is 0 Å². The average molecular weight is 338 g/mol. The third-order valence-electron chi connectivity index (χ3n) is 3.33. The van der Waals surface area contributed by atoms with E-state index in [1.54, 1.807) is 13.8 Å². The molecule has 0 bridgehead atoms. The molecule has 8 heteroatoms. The van der Waals surface area contributed by atoms with Crippen molar-refractivity contribution in [3.63, 3.8) is 0 Å². The Morgan fingerprint density at radius 2 is 1.83 bits per heavy atom. The lowest BCUT2D eigenvalue weighted by atomic mass is 10.1. The van der Waals surface area contributed by atoms with Crippen molar-refractivity contribution >= 4 is 10.0 Å². The van der Waals surface area contributed by atoms with Gasteiger partial charge in [0.1, 0.15) is 11.4 Å². The normalized spacial score (nSPS) is 12.5. The number of hydrogen-bond donors (Lipinski definition) is 3. The minimum atomic E-state index is -3.48. The van der Waals surface area contributed by atoms with Crippen LogP contribution in [0.2, 0.25) is 0 Å². The molecule has 0 aliphatic heterocycles. The van der Waals surface area contributed by atoms with Crippen molar-refractivity contribution in [2.45, 2.75) is 45.1 Å². The first-order valence-electron chi connectivity index (χ1n) is 7.39. The number of aromatic nitrogens is 3. The van der Waals surface area contributed by atoms with Crippen molar-refractivity contribution in [3.05, 3.63) is 47.0 Å². The predicted octanol–water partition coefficient (Wildman–Crippen LogP) is 1.21. The van der Waals surface area contributed by atoms with Crippen LogP contribution in [0.3, 0.4) is 0 Å². The van der Waals surface area contributed by atoms with Crippen LogP contribution in [-0.2, 0) is 34.3 Å². The number of aryl methyl sites for hydroxylation is 1. The van der Waals surface area contributed by atoms with E-state index in [2.05, 4.69) is 19.9 Å². The first-order chi connectivity index (χ1) is 10.7. The van der Waals surface area contributed by atoms with Gasteiger partial charge in [0.05, 0.1) is 12.3 Å². The summed E-state index contributed by atoms with van der Waals surface area (Å²) in [4.78, 5) is 4.07. The van der Waals surface area contributed by atoms with Crippen LogP contribution in [0.5, 0.6) is 0 Å². The maximum atomic E-state index is 12.1. The molecule has 0 spiro atoms. The molecule has 0 amide bonds. The highest BCUT2D eigenvalue weighted by atomic mass is 32.2. The van der Waals surface area contributed by atoms with Crippen molar-refractivity contribution < 1.29 is 13.5 Å². The van der Waals surface area contributed by atoms with Gasteiger partial charge in [-0.3, -0.25) is 5.10 Å². The van der Waals surface area contributed by atoms with Crippen LogP contribution < -0.4 is 4.72 Å². The monoisotopic (exact) mass is 338 g/mol. The smallest absolute Gasteiger partial charge is 0.216 e. The summed E-state index contributed by atoms with van der Waals surface area (Å²) in [6.45, 7) is 5.17. The summed E-state index contributed by atoms with van der Waals surface area (Å²) in [5.41, 5.74) is 0.721. The molecular weight excluding hydrogens is 316 g/mol. The third kappa shape index (κ3) is 5.12. The van der Waals surface area contributed by atoms with Gasteiger partial charge in [0.25, 0.3) is 0 Å². The van der Waals surface area contributed by atoms with E-state index in [-0.39, 0.29) is 18.1 Å². The number of aliphatic hydroxyl groups is 1. The van der Waals surface area contributed by atoms with Crippen LogP contribution >= 0.6 is 0 Å². The Morgan fingerprint density at radius 1 is 1.22 bits per heavy atom. The first kappa shape index (κ1) is 17.6. The van der Waals surface area contributed by atoms with Crippen molar-refractivity contribution in [1.29, 1.82) is 0 Å². The van der Waals surface area contributed by atoms with Crippen LogP contribution in [0.4, 0.5) is 0 Å². The quantitative estimate of drug-likeness (QED) is 0.703. The van der Waals surface area contributed by atoms with E-state index < -0.39 is 15.6 Å². The molecule has 0 aliphatic carbocycles. The second-order valence-corrected chi connectivity index (χ2v) is 7.72. The number of aromatic amines is 1. The van der Waals surface area contributed by atoms with Crippen LogP contribution in [-0.4, -0.2) is 28.7 Å². The Kier molecular flexibility index (Phi) is 5.18. The fourth-order valence-corrected chi connectivity index (χ4v) is 3.06. The van der Waals surface area contributed by atoms with Crippen molar-refractivity contribution in [3.8, 4) is 0 Å². The Balaban J connectivity index is 1.97. The van der Waals surface area contributed by atoms with Gasteiger partial charge < -0.3 is 5.11 Å². The molecule has 2 rings (SSSR count). The van der Waals surface area contributed by atoms with E-state index in [1.165, 1.54) is 5.56 Å². The molecule has 7 nitrogen and oxygen atoms in total. The summed E-state index contributed by atoms with van der Waals surface area (Å²) in [7, 11) is -3.48. The molecular formula is C15H22N4O3S. The van der Waals surface area contributed by atoms with Gasteiger partial charge in [-0.15, -0.1) is 0 Å². The summed E-state index contributed by atoms with van der Waals surface area (Å²) in [5, 5.41) is 16.3. The van der Waals surface area contributed by atoms with E-state index in [0.717, 1.165) is 12.0 Å². The van der Waals surface area contributed by atoms with Crippen molar-refractivity contribution in [2.75, 3.05) is 0 Å². The molecule has 0 saturated carbocycles. The molecule has 0 atom stereocenters. The topological polar surface area (TPSA) is 108 Å². The summed E-state index contributed by atoms with van der Waals surface area (Å²) in [6.07, 6.45) is 0.917. The third-order valence-corrected chi connectivity index (χ3v) is 4.62. The maximum Gasteiger partial charge on any atom is 0.216 e. The summed E-state index contributed by atoms with van der Waals surface area (Å²) in [6, 6.07) is 7.49. The number of hydrogen-bond acceptors (Lipinski definition) is 5. The zero-order chi connectivity index (χ0) is 17.1. The number of sulfonamides is 1. The zero-order valence-corrected chi connectivity index (χ0v) is 14.3. The molecule has 1 aromatic heterocycles. The number of nitrogens with one attached hydrogen (secondary N) is 2. The number of rotatable bonds is 7. The fourth-order valence-electron chi connectivity index (χ4n) is 1.97. The van der Waals surface area contributed by atoms with Crippen LogP contribution in [0.1, 0.15) is 43.5 Å². The molecule has 1 heterocycles. The highest BCUT2D eigenvalue weighted by Crippen LogP contribution is 2.14. The van der Waals surface area contributed by atoms with E-state index in [1.807, 2.05) is 31.2 Å². The van der Waals surface area contributed by atoms with Crippen LogP contribution in [0.15, 0.2) is 24.3 Å². The molecule has 0 fully saturated rings. The van der Waals surface area contributed by atoms with E-state index >= 15 is 0 Å². The summed E-state index contributed by atoms with van der Waals surface area (Å²) >= 11 is 0. The Bertz CT molecular complexity index is 746. The van der Waals surface area contributed by atoms with Gasteiger partial charge in [-0.25, -0.2) is 18.1 Å². The van der Waals surface area contributed by atoms with Gasteiger partial charge in [0, 0.05) is 0 Å². The second-order valence-electron chi connectivity index (χ2n) is 5.91. The van der Waals surface area contributed by atoms with Gasteiger partial charge in [-0.05, 0) is 31.4 Å². The molecule has 0 aliphatic rings. The average Bonchev–Trinajstić information content (AvgIpc) is 2.95. The molecule has 126 valence electrons. The SMILES string of the molecule is CCc1ccc(CS(=O)(=O)NCc2nc(C(C)(C)O)n[nH]2)cc1. The van der Waals surface area contributed by atoms with E-state index in [0.29, 0.717) is 5.82 Å². The molecule has 0 unspecified atom stereocenters. The minimum Gasteiger partial charge on any atom is -0.382 e. The van der Waals surface area contributed by atoms with Gasteiger partial charge in [-0.1, -0.05) is 31.2 Å². The number of H-pyrrole nitrogens is 1. The largest absolute Gasteiger partial charge is 0.382 e. The fraction of sp³-hybridized carbons (Fsp3) is 0.467. The standard InChI is InChI=1S/C15H22N4O3S/c1-4-11-5-7-12(8-6-11)10-23(21,22)16-9-13-17-14(19-18-13)15(2,3)20/h5-8,16,20H,4,9-10H2,1-3H3,(H,17,18,19). The van der Waals surface area contributed by atoms with Crippen LogP contribution in [0.25, 0.3) is 0 Å². The Hall–Kier alpha value is -1.77. The highest BCUT2D eigenvalue weighted by Gasteiger charge is 2.22. The lowest BCUT2D eigenvalue weighted by molar-refractivity contribution is 0.0690. The van der Waals surface area contributed by atoms with Crippen molar-refractivity contribution in [1.82, 2.24) is 19.9 Å². The van der Waals surface area contributed by atoms with E-state index in [4.69, 9.17) is 0 Å². The van der Waals surface area contributed by atoms with E-state index in [9.17, 15) is 13.5 Å². The maximum absolute atomic E-state index is 12.1. The van der Waals surface area contributed by atoms with Gasteiger partial charge >= 0.3 is 0 Å². The summed E-state index contributed by atoms with van der Waals surface area (Å²) in [5.74, 6) is 0.484. The van der Waals surface area contributed by atoms with Gasteiger partial charge in [0.2, 0.25) is 10.0 Å². The number of nitrogens with zero attached hydrogens (tertiary/aromatic N) is 2. The first-order valence-corrected chi connectivity index (χ1v) is 9.04. The Morgan fingerprint density at radius 3 is 2.35 bits per heavy atom. The molecule has 0 radical (unpaired) electrons. The molecule has 1 aromatic carbocycles. The summed E-state index contributed by atoms with van der Waals surface area (Å²) < 4.78 is 26.7. The molecule has 23 heavy (non-hydrogen) atoms. The second kappa shape index (κ2) is 6.77. The van der Waals surface area contributed by atoms with Gasteiger partial charge in [0.15, 0.2) is 5.82 Å². The zero-order valence-electron chi connectivity index (χ0n) is 13.5. The van der Waals surface area contributed by atoms with Gasteiger partial charge in [-0.2, -0.15) is 5.10 Å². The molecule has 0 saturated heterocycles. The number of benzene rings is 1. The minimum absolute atomic E-state index is 0.00153. The molecule has 2 aromatic rings. The molecule has 3 N–H and O–H groups in total. The van der Waals surface area contributed by atoms with Crippen LogP contribution in [0, 0.1) is 0 Å². The lowest BCUT2D eigenvalue weighted by Crippen LogP contribution is -2.25.